The first kappa shape index (κ1) is 16.5. The minimum atomic E-state index is -0.511. The molecule has 0 radical (unpaired) electrons. The molecule has 1 atom stereocenters. The van der Waals surface area contributed by atoms with Gasteiger partial charge in [-0.3, -0.25) is 0 Å². The molecule has 0 fully saturated rings. The number of allylic oxidation sites excluding steroid dienone is 1. The van der Waals surface area contributed by atoms with Crippen LogP contribution in [0.3, 0.4) is 0 Å². The fraction of sp³-hybridized carbons (Fsp3) is 0.643. The Morgan fingerprint density at radius 3 is 2.70 bits per heavy atom. The molecule has 0 aliphatic carbocycles. The molecule has 0 bridgehead atoms. The predicted octanol–water partition coefficient (Wildman–Crippen LogP) is 2.52. The monoisotopic (exact) mass is 285 g/mol. The highest BCUT2D eigenvalue weighted by Gasteiger charge is 2.12. The molecule has 0 aromatic carbocycles. The van der Waals surface area contributed by atoms with Gasteiger partial charge in [-0.25, -0.2) is 4.79 Å². The molecule has 114 valence electrons. The number of rotatable bonds is 7. The summed E-state index contributed by atoms with van der Waals surface area (Å²) in [6, 6.07) is 0. The van der Waals surface area contributed by atoms with Gasteiger partial charge in [0.05, 0.1) is 6.61 Å². The molecule has 1 amide bonds. The van der Waals surface area contributed by atoms with Crippen molar-refractivity contribution in [2.75, 3.05) is 20.3 Å². The van der Waals surface area contributed by atoms with Crippen LogP contribution in [0.2, 0.25) is 0 Å². The molecule has 0 aromatic rings. The molecule has 1 aliphatic heterocycles. The van der Waals surface area contributed by atoms with E-state index < -0.39 is 6.09 Å². The quantitative estimate of drug-likeness (QED) is 0.728. The second-order valence-electron chi connectivity index (χ2n) is 4.82. The molecule has 1 heterocycles. The molecule has 0 saturated heterocycles. The zero-order valence-electron chi connectivity index (χ0n) is 12.5. The number of hydrogen-bond donors (Lipinski definition) is 1. The Kier molecular flexibility index (Phi) is 7.11. The summed E-state index contributed by atoms with van der Waals surface area (Å²) in [4.78, 5) is 11.0. The maximum Gasteiger partial charge on any atom is 0.412 e. The van der Waals surface area contributed by atoms with Gasteiger partial charge in [0.25, 0.3) is 0 Å². The lowest BCUT2D eigenvalue weighted by Gasteiger charge is -2.18. The summed E-state index contributed by atoms with van der Waals surface area (Å²) in [5.74, 6) is 1.60. The molecular weight excluding hydrogens is 262 g/mol. The fourth-order valence-electron chi connectivity index (χ4n) is 1.36. The summed E-state index contributed by atoms with van der Waals surface area (Å²) in [5.41, 5.74) is 0. The van der Waals surface area contributed by atoms with Crippen molar-refractivity contribution in [1.82, 2.24) is 5.32 Å². The number of ether oxygens (including phenoxy) is 4. The van der Waals surface area contributed by atoms with Gasteiger partial charge < -0.3 is 24.3 Å². The zero-order chi connectivity index (χ0) is 15.0. The van der Waals surface area contributed by atoms with Gasteiger partial charge in [0.15, 0.2) is 6.29 Å². The Hall–Kier alpha value is -1.53. The van der Waals surface area contributed by atoms with Gasteiger partial charge in [-0.15, -0.1) is 0 Å². The molecule has 20 heavy (non-hydrogen) atoms. The maximum absolute atomic E-state index is 11.0. The van der Waals surface area contributed by atoms with E-state index in [2.05, 4.69) is 19.2 Å². The van der Waals surface area contributed by atoms with E-state index in [1.165, 1.54) is 13.3 Å². The van der Waals surface area contributed by atoms with Crippen molar-refractivity contribution in [3.63, 3.8) is 0 Å². The fourth-order valence-corrected chi connectivity index (χ4v) is 1.36. The van der Waals surface area contributed by atoms with Crippen LogP contribution < -0.4 is 5.32 Å². The summed E-state index contributed by atoms with van der Waals surface area (Å²) in [5, 5.41) is 2.37. The van der Waals surface area contributed by atoms with Crippen molar-refractivity contribution in [3.8, 4) is 0 Å². The van der Waals surface area contributed by atoms with Crippen molar-refractivity contribution in [2.45, 2.75) is 33.5 Å². The average Bonchev–Trinajstić information content (AvgIpc) is 2.44. The summed E-state index contributed by atoms with van der Waals surface area (Å²) < 4.78 is 21.3. The largest absolute Gasteiger partial charge is 0.464 e. The SMILES string of the molecule is CNC(=O)OC1=COC(COC(C)OCC(C)C)=CC1. The van der Waals surface area contributed by atoms with Crippen molar-refractivity contribution >= 4 is 6.09 Å². The number of amides is 1. The van der Waals surface area contributed by atoms with E-state index in [4.69, 9.17) is 18.9 Å². The van der Waals surface area contributed by atoms with E-state index in [1.807, 2.05) is 13.0 Å². The van der Waals surface area contributed by atoms with E-state index in [1.54, 1.807) is 0 Å². The third-order valence-electron chi connectivity index (χ3n) is 2.43. The van der Waals surface area contributed by atoms with Crippen molar-refractivity contribution in [2.24, 2.45) is 5.92 Å². The van der Waals surface area contributed by atoms with Crippen molar-refractivity contribution in [3.05, 3.63) is 23.9 Å². The molecule has 6 nitrogen and oxygen atoms in total. The second-order valence-corrected chi connectivity index (χ2v) is 4.82. The first-order valence-electron chi connectivity index (χ1n) is 6.68. The highest BCUT2D eigenvalue weighted by molar-refractivity contribution is 5.67. The lowest BCUT2D eigenvalue weighted by atomic mass is 10.2. The average molecular weight is 285 g/mol. The van der Waals surface area contributed by atoms with Gasteiger partial charge in [0, 0.05) is 13.5 Å². The standard InChI is InChI=1S/C14H23NO5/c1-10(2)7-17-11(3)18-8-12-5-6-13(9-19-12)20-14(16)15-4/h5,9-11H,6-8H2,1-4H3,(H,15,16). The lowest BCUT2D eigenvalue weighted by Crippen LogP contribution is -2.20. The topological polar surface area (TPSA) is 66.0 Å². The van der Waals surface area contributed by atoms with Crippen LogP contribution >= 0.6 is 0 Å². The number of hydrogen-bond acceptors (Lipinski definition) is 5. The normalized spacial score (nSPS) is 16.1. The Morgan fingerprint density at radius 2 is 2.15 bits per heavy atom. The molecular formula is C14H23NO5. The maximum atomic E-state index is 11.0. The third-order valence-corrected chi connectivity index (χ3v) is 2.43. The number of carbonyl (C=O) groups is 1. The van der Waals surface area contributed by atoms with Gasteiger partial charge >= 0.3 is 6.09 Å². The van der Waals surface area contributed by atoms with Crippen LogP contribution in [0.25, 0.3) is 0 Å². The molecule has 1 N–H and O–H groups in total. The van der Waals surface area contributed by atoms with Gasteiger partial charge in [-0.2, -0.15) is 0 Å². The molecule has 0 spiro atoms. The molecule has 6 heteroatoms. The Morgan fingerprint density at radius 1 is 1.40 bits per heavy atom. The van der Waals surface area contributed by atoms with Crippen LogP contribution in [0.15, 0.2) is 23.9 Å². The summed E-state index contributed by atoms with van der Waals surface area (Å²) >= 11 is 0. The van der Waals surface area contributed by atoms with Crippen molar-refractivity contribution in [1.29, 1.82) is 0 Å². The van der Waals surface area contributed by atoms with E-state index in [9.17, 15) is 4.79 Å². The Labute approximate surface area is 119 Å². The van der Waals surface area contributed by atoms with Crippen LogP contribution in [-0.4, -0.2) is 32.6 Å². The van der Waals surface area contributed by atoms with Crippen LogP contribution in [-0.2, 0) is 18.9 Å². The summed E-state index contributed by atoms with van der Waals surface area (Å²) in [7, 11) is 1.50. The summed E-state index contributed by atoms with van der Waals surface area (Å²) in [6.45, 7) is 6.99. The van der Waals surface area contributed by atoms with Crippen molar-refractivity contribution < 1.29 is 23.7 Å². The first-order valence-corrected chi connectivity index (χ1v) is 6.68. The molecule has 0 aromatic heterocycles. The molecule has 1 rings (SSSR count). The van der Waals surface area contributed by atoms with Gasteiger partial charge in [-0.1, -0.05) is 13.8 Å². The second kappa shape index (κ2) is 8.60. The van der Waals surface area contributed by atoms with E-state index in [0.29, 0.717) is 37.1 Å². The number of carbonyl (C=O) groups excluding carboxylic acids is 1. The van der Waals surface area contributed by atoms with E-state index in [0.717, 1.165) is 0 Å². The molecule has 0 saturated carbocycles. The van der Waals surface area contributed by atoms with E-state index >= 15 is 0 Å². The molecule has 1 unspecified atom stereocenters. The summed E-state index contributed by atoms with van der Waals surface area (Å²) in [6.07, 6.45) is 2.92. The first-order chi connectivity index (χ1) is 9.51. The number of alkyl carbamates (subject to hydrolysis) is 1. The minimum Gasteiger partial charge on any atom is -0.464 e. The van der Waals surface area contributed by atoms with Crippen LogP contribution in [0, 0.1) is 5.92 Å². The van der Waals surface area contributed by atoms with Crippen LogP contribution in [0.5, 0.6) is 0 Å². The van der Waals surface area contributed by atoms with Gasteiger partial charge in [0.2, 0.25) is 0 Å². The smallest absolute Gasteiger partial charge is 0.412 e. The Bertz CT molecular complexity index is 376. The Balaban J connectivity index is 2.23. The zero-order valence-corrected chi connectivity index (χ0v) is 12.5. The predicted molar refractivity (Wildman–Crippen MR) is 73.6 cm³/mol. The lowest BCUT2D eigenvalue weighted by molar-refractivity contribution is -0.135. The highest BCUT2D eigenvalue weighted by Crippen LogP contribution is 2.16. The van der Waals surface area contributed by atoms with Gasteiger partial charge in [-0.05, 0) is 18.9 Å². The third kappa shape index (κ3) is 6.58. The highest BCUT2D eigenvalue weighted by atomic mass is 16.7. The van der Waals surface area contributed by atoms with Crippen LogP contribution in [0.4, 0.5) is 4.79 Å². The minimum absolute atomic E-state index is 0.283. The van der Waals surface area contributed by atoms with Crippen LogP contribution in [0.1, 0.15) is 27.2 Å². The number of nitrogens with one attached hydrogen (secondary N) is 1. The van der Waals surface area contributed by atoms with E-state index in [-0.39, 0.29) is 6.29 Å². The molecule has 1 aliphatic rings. The van der Waals surface area contributed by atoms with Gasteiger partial charge in [0.1, 0.15) is 24.4 Å².